The molecule has 1 heterocycles. The Hall–Kier alpha value is -1.70. The van der Waals surface area contributed by atoms with Crippen LogP contribution in [0, 0.1) is 18.8 Å². The zero-order valence-corrected chi connectivity index (χ0v) is 20.0. The monoisotopic (exact) mass is 552 g/mol. The van der Waals surface area contributed by atoms with Crippen LogP contribution in [0.1, 0.15) is 28.8 Å². The van der Waals surface area contributed by atoms with E-state index in [1.165, 1.54) is 4.90 Å². The number of nitrogens with one attached hydrogen (secondary N) is 1. The molecule has 1 saturated carbocycles. The highest BCUT2D eigenvalue weighted by Crippen LogP contribution is 2.44. The molecule has 2 aromatic rings. The highest BCUT2D eigenvalue weighted by Gasteiger charge is 2.52. The van der Waals surface area contributed by atoms with Crippen molar-refractivity contribution in [2.45, 2.75) is 29.4 Å². The maximum atomic E-state index is 13.0. The first kappa shape index (κ1) is 21.5. The van der Waals surface area contributed by atoms with Crippen molar-refractivity contribution < 1.29 is 14.4 Å². The Morgan fingerprint density at radius 2 is 1.63 bits per heavy atom. The van der Waals surface area contributed by atoms with E-state index in [4.69, 9.17) is 11.6 Å². The van der Waals surface area contributed by atoms with Gasteiger partial charge >= 0.3 is 0 Å². The normalized spacial score (nSPS) is 25.9. The average Bonchev–Trinajstić information content (AvgIpc) is 2.95. The van der Waals surface area contributed by atoms with Gasteiger partial charge in [-0.1, -0.05) is 55.6 Å². The maximum Gasteiger partial charge on any atom is 0.255 e. The average molecular weight is 555 g/mol. The molecule has 1 aliphatic heterocycles. The summed E-state index contributed by atoms with van der Waals surface area (Å²) in [5.74, 6) is -1.39. The Bertz CT molecular complexity index is 1020. The highest BCUT2D eigenvalue weighted by atomic mass is 79.9. The van der Waals surface area contributed by atoms with Crippen LogP contribution < -0.4 is 10.2 Å². The topological polar surface area (TPSA) is 66.5 Å². The lowest BCUT2D eigenvalue weighted by Gasteiger charge is -2.29. The van der Waals surface area contributed by atoms with Crippen LogP contribution in [0.3, 0.4) is 0 Å². The lowest BCUT2D eigenvalue weighted by molar-refractivity contribution is -0.122. The molecule has 0 unspecified atom stereocenters. The number of hydrogen-bond donors (Lipinski definition) is 1. The van der Waals surface area contributed by atoms with Crippen LogP contribution in [0.5, 0.6) is 0 Å². The Kier molecular flexibility index (Phi) is 6.06. The SMILES string of the molecule is Cc1c(Cl)cccc1NC(=O)c1cccc(N2C(=O)[C@H]3C[C@H](Br)[C@@H](Br)C[C@H]3C2=O)c1. The Labute approximate surface area is 196 Å². The zero-order chi connectivity index (χ0) is 21.6. The lowest BCUT2D eigenvalue weighted by atomic mass is 9.81. The molecule has 0 radical (unpaired) electrons. The number of fused-ring (bicyclic) bond motifs is 1. The fourth-order valence-electron chi connectivity index (χ4n) is 4.07. The third-order valence-corrected chi connectivity index (χ3v) is 8.94. The van der Waals surface area contributed by atoms with Crippen LogP contribution in [0.25, 0.3) is 0 Å². The van der Waals surface area contributed by atoms with Crippen LogP contribution in [0.15, 0.2) is 42.5 Å². The van der Waals surface area contributed by atoms with Gasteiger partial charge in [0.05, 0.1) is 17.5 Å². The summed E-state index contributed by atoms with van der Waals surface area (Å²) in [5.41, 5.74) is 2.17. The van der Waals surface area contributed by atoms with Crippen molar-refractivity contribution >= 4 is 72.6 Å². The minimum absolute atomic E-state index is 0.147. The van der Waals surface area contributed by atoms with Crippen molar-refractivity contribution in [2.24, 2.45) is 11.8 Å². The molecule has 1 N–H and O–H groups in total. The van der Waals surface area contributed by atoms with Gasteiger partial charge in [-0.05, 0) is 55.7 Å². The van der Waals surface area contributed by atoms with E-state index >= 15 is 0 Å². The van der Waals surface area contributed by atoms with Crippen LogP contribution in [0.4, 0.5) is 11.4 Å². The molecule has 1 saturated heterocycles. The van der Waals surface area contributed by atoms with E-state index < -0.39 is 0 Å². The van der Waals surface area contributed by atoms with Gasteiger partial charge in [-0.3, -0.25) is 19.3 Å². The number of alkyl halides is 2. The summed E-state index contributed by atoms with van der Waals surface area (Å²) in [6.07, 6.45) is 1.21. The quantitative estimate of drug-likeness (QED) is 0.412. The number of carbonyl (C=O) groups excluding carboxylic acids is 3. The van der Waals surface area contributed by atoms with Crippen molar-refractivity contribution in [3.8, 4) is 0 Å². The summed E-state index contributed by atoms with van der Waals surface area (Å²) in [5, 5.41) is 3.41. The van der Waals surface area contributed by atoms with Crippen molar-refractivity contribution in [3.05, 3.63) is 58.6 Å². The molecule has 5 nitrogen and oxygen atoms in total. The predicted molar refractivity (Wildman–Crippen MR) is 125 cm³/mol. The number of carbonyl (C=O) groups is 3. The van der Waals surface area contributed by atoms with E-state index in [0.717, 1.165) is 5.56 Å². The summed E-state index contributed by atoms with van der Waals surface area (Å²) in [4.78, 5) is 40.3. The molecule has 0 bridgehead atoms. The number of amides is 3. The van der Waals surface area contributed by atoms with E-state index in [2.05, 4.69) is 37.2 Å². The third kappa shape index (κ3) is 3.83. The summed E-state index contributed by atoms with van der Waals surface area (Å²) in [7, 11) is 0. The Balaban J connectivity index is 1.59. The lowest BCUT2D eigenvalue weighted by Crippen LogP contribution is -2.34. The summed E-state index contributed by atoms with van der Waals surface area (Å²) in [6, 6.07) is 11.9. The molecule has 4 rings (SSSR count). The molecule has 2 fully saturated rings. The predicted octanol–water partition coefficient (Wildman–Crippen LogP) is 5.33. The first-order chi connectivity index (χ1) is 14.3. The molecule has 2 aromatic carbocycles. The molecule has 1 aliphatic carbocycles. The summed E-state index contributed by atoms with van der Waals surface area (Å²) >= 11 is 13.3. The number of anilines is 2. The molecule has 0 aromatic heterocycles. The molecule has 0 spiro atoms. The summed E-state index contributed by atoms with van der Waals surface area (Å²) < 4.78 is 0. The van der Waals surface area contributed by atoms with Gasteiger partial charge in [-0.15, -0.1) is 0 Å². The minimum Gasteiger partial charge on any atom is -0.322 e. The van der Waals surface area contributed by atoms with E-state index in [1.54, 1.807) is 42.5 Å². The summed E-state index contributed by atoms with van der Waals surface area (Å²) in [6.45, 7) is 1.83. The Morgan fingerprint density at radius 1 is 1.03 bits per heavy atom. The smallest absolute Gasteiger partial charge is 0.255 e. The van der Waals surface area contributed by atoms with Gasteiger partial charge in [0.15, 0.2) is 0 Å². The fraction of sp³-hybridized carbons (Fsp3) is 0.318. The van der Waals surface area contributed by atoms with Crippen molar-refractivity contribution in [1.82, 2.24) is 0 Å². The number of nitrogens with zero attached hydrogens (tertiary/aromatic N) is 1. The molecule has 4 atom stereocenters. The van der Waals surface area contributed by atoms with Gasteiger partial charge in [-0.25, -0.2) is 0 Å². The van der Waals surface area contributed by atoms with Crippen molar-refractivity contribution in [2.75, 3.05) is 10.2 Å². The molecular formula is C22H19Br2ClN2O3. The molecule has 2 aliphatic rings. The van der Waals surface area contributed by atoms with Crippen LogP contribution in [-0.4, -0.2) is 27.4 Å². The zero-order valence-electron chi connectivity index (χ0n) is 16.1. The van der Waals surface area contributed by atoms with Crippen molar-refractivity contribution in [3.63, 3.8) is 0 Å². The van der Waals surface area contributed by atoms with Crippen LogP contribution in [-0.2, 0) is 9.59 Å². The Morgan fingerprint density at radius 3 is 2.27 bits per heavy atom. The van der Waals surface area contributed by atoms with Gasteiger partial charge in [0.25, 0.3) is 5.91 Å². The number of imide groups is 1. The second-order valence-corrected chi connectivity index (χ2v) is 10.4. The van der Waals surface area contributed by atoms with Crippen LogP contribution in [0.2, 0.25) is 5.02 Å². The number of hydrogen-bond acceptors (Lipinski definition) is 3. The van der Waals surface area contributed by atoms with Gasteiger partial charge in [-0.2, -0.15) is 0 Å². The number of rotatable bonds is 3. The third-order valence-electron chi connectivity index (χ3n) is 5.79. The number of halogens is 3. The number of benzene rings is 2. The van der Waals surface area contributed by atoms with Gasteiger partial charge in [0.2, 0.25) is 11.8 Å². The molecule has 8 heteroatoms. The first-order valence-electron chi connectivity index (χ1n) is 9.60. The first-order valence-corrected chi connectivity index (χ1v) is 11.8. The van der Waals surface area contributed by atoms with E-state index in [9.17, 15) is 14.4 Å². The molecule has 30 heavy (non-hydrogen) atoms. The second kappa shape index (κ2) is 8.44. The second-order valence-electron chi connectivity index (χ2n) is 7.65. The standard InChI is InChI=1S/C22H19Br2ClN2O3/c1-11-18(25)6-3-7-19(11)26-20(28)12-4-2-5-13(8-12)27-21(29)14-9-16(23)17(24)10-15(14)22(27)30/h2-8,14-17H,9-10H2,1H3,(H,26,28)/t14-,15+,16-,17-/m0/s1. The van der Waals surface area contributed by atoms with Gasteiger partial charge < -0.3 is 5.32 Å². The fourth-order valence-corrected chi connectivity index (χ4v) is 5.48. The highest BCUT2D eigenvalue weighted by molar-refractivity contribution is 9.12. The van der Waals surface area contributed by atoms with Crippen molar-refractivity contribution in [1.29, 1.82) is 0 Å². The van der Waals surface area contributed by atoms with E-state index in [1.807, 2.05) is 6.92 Å². The minimum atomic E-state index is -0.334. The molecule has 156 valence electrons. The van der Waals surface area contributed by atoms with E-state index in [0.29, 0.717) is 34.8 Å². The van der Waals surface area contributed by atoms with Gasteiger partial charge in [0.1, 0.15) is 0 Å². The van der Waals surface area contributed by atoms with Crippen LogP contribution >= 0.6 is 43.5 Å². The largest absolute Gasteiger partial charge is 0.322 e. The molecule has 3 amide bonds. The van der Waals surface area contributed by atoms with Gasteiger partial charge in [0, 0.05) is 25.9 Å². The molecular weight excluding hydrogens is 536 g/mol. The van der Waals surface area contributed by atoms with E-state index in [-0.39, 0.29) is 39.2 Å². The maximum absolute atomic E-state index is 13.0.